The second-order valence-corrected chi connectivity index (χ2v) is 5.22. The molecule has 3 heteroatoms. The van der Waals surface area contributed by atoms with Crippen molar-refractivity contribution in [2.45, 2.75) is 78.0 Å². The highest BCUT2D eigenvalue weighted by molar-refractivity contribution is 5.81. The van der Waals surface area contributed by atoms with Crippen molar-refractivity contribution in [3.63, 3.8) is 0 Å². The predicted octanol–water partition coefficient (Wildman–Crippen LogP) is 2.16. The second kappa shape index (κ2) is 5.67. The van der Waals surface area contributed by atoms with Crippen LogP contribution in [0.3, 0.4) is 0 Å². The lowest BCUT2D eigenvalue weighted by Crippen LogP contribution is -2.50. The first-order chi connectivity index (χ1) is 7.47. The Balaban J connectivity index is 2.55. The Morgan fingerprint density at radius 1 is 1.31 bits per heavy atom. The van der Waals surface area contributed by atoms with E-state index in [0.717, 1.165) is 6.42 Å². The molecule has 4 atom stereocenters. The topological polar surface area (TPSA) is 32.3 Å². The van der Waals surface area contributed by atoms with Gasteiger partial charge in [-0.25, -0.2) is 0 Å². The van der Waals surface area contributed by atoms with Gasteiger partial charge in [0.15, 0.2) is 0 Å². The summed E-state index contributed by atoms with van der Waals surface area (Å²) in [4.78, 5) is 14.4. The fourth-order valence-corrected chi connectivity index (χ4v) is 2.58. The molecule has 0 aromatic heterocycles. The molecule has 0 saturated carbocycles. The number of carbonyl (C=O) groups excluding carboxylic acids is 1. The number of hydrogen-bond acceptors (Lipinski definition) is 2. The summed E-state index contributed by atoms with van der Waals surface area (Å²) in [6, 6.07) is 1.35. The molecule has 1 N–H and O–H groups in total. The van der Waals surface area contributed by atoms with Crippen molar-refractivity contribution < 1.29 is 4.79 Å². The normalized spacial score (nSPS) is 30.1. The highest BCUT2D eigenvalue weighted by Crippen LogP contribution is 2.25. The zero-order chi connectivity index (χ0) is 12.3. The highest BCUT2D eigenvalue weighted by atomic mass is 16.2. The van der Waals surface area contributed by atoms with Crippen LogP contribution >= 0.6 is 0 Å². The maximum Gasteiger partial charge on any atom is 0.237 e. The maximum atomic E-state index is 12.0. The Morgan fingerprint density at radius 2 is 1.81 bits per heavy atom. The summed E-state index contributed by atoms with van der Waals surface area (Å²) in [5, 5.41) is 3.07. The Hall–Kier alpha value is -0.570. The molecule has 1 rings (SSSR count). The van der Waals surface area contributed by atoms with Crippen molar-refractivity contribution in [3.8, 4) is 0 Å². The van der Waals surface area contributed by atoms with Gasteiger partial charge < -0.3 is 5.32 Å². The van der Waals surface area contributed by atoms with E-state index in [1.54, 1.807) is 0 Å². The fraction of sp³-hybridized carbons (Fsp3) is 0.923. The number of rotatable bonds is 4. The minimum absolute atomic E-state index is 0.00139. The van der Waals surface area contributed by atoms with E-state index in [2.05, 4.69) is 37.9 Å². The first kappa shape index (κ1) is 13.5. The monoisotopic (exact) mass is 226 g/mol. The molecule has 1 heterocycles. The molecule has 0 bridgehead atoms. The van der Waals surface area contributed by atoms with Gasteiger partial charge in [0.25, 0.3) is 0 Å². The van der Waals surface area contributed by atoms with Crippen molar-refractivity contribution >= 4 is 5.91 Å². The van der Waals surface area contributed by atoms with E-state index in [0.29, 0.717) is 12.1 Å². The Labute approximate surface area is 99.6 Å². The van der Waals surface area contributed by atoms with Crippen LogP contribution in [0.2, 0.25) is 0 Å². The fourth-order valence-electron chi connectivity index (χ4n) is 2.58. The van der Waals surface area contributed by atoms with E-state index in [1.165, 1.54) is 12.8 Å². The van der Waals surface area contributed by atoms with Crippen LogP contribution in [-0.2, 0) is 4.79 Å². The van der Waals surface area contributed by atoms with Crippen LogP contribution in [0.4, 0.5) is 0 Å². The summed E-state index contributed by atoms with van der Waals surface area (Å²) in [5.41, 5.74) is 0. The number of hydrogen-bond donors (Lipinski definition) is 1. The number of amides is 1. The van der Waals surface area contributed by atoms with Crippen LogP contribution in [0, 0.1) is 0 Å². The number of nitrogens with zero attached hydrogens (tertiary/aromatic N) is 1. The zero-order valence-electron chi connectivity index (χ0n) is 11.3. The summed E-state index contributed by atoms with van der Waals surface area (Å²) in [6.45, 7) is 10.6. The van der Waals surface area contributed by atoms with Crippen LogP contribution in [0.5, 0.6) is 0 Å². The molecule has 0 aromatic carbocycles. The average molecular weight is 226 g/mol. The zero-order valence-corrected chi connectivity index (χ0v) is 11.3. The minimum atomic E-state index is 0.00139. The van der Waals surface area contributed by atoms with Gasteiger partial charge in [0.2, 0.25) is 5.91 Å². The molecule has 0 aliphatic carbocycles. The smallest absolute Gasteiger partial charge is 0.237 e. The standard InChI is InChI=1S/C13H26N2O/c1-6-9(2)14-13(16)12(5)15-10(3)7-8-11(15)4/h9-12H,6-8H2,1-5H3,(H,14,16). The average Bonchev–Trinajstić information content (AvgIpc) is 2.57. The van der Waals surface area contributed by atoms with E-state index in [4.69, 9.17) is 0 Å². The van der Waals surface area contributed by atoms with Crippen LogP contribution < -0.4 is 5.32 Å². The molecule has 1 aliphatic rings. The predicted molar refractivity (Wildman–Crippen MR) is 67.4 cm³/mol. The Morgan fingerprint density at radius 3 is 2.25 bits per heavy atom. The quantitative estimate of drug-likeness (QED) is 0.796. The molecule has 0 radical (unpaired) electrons. The van der Waals surface area contributed by atoms with E-state index in [-0.39, 0.29) is 18.0 Å². The van der Waals surface area contributed by atoms with Crippen molar-refractivity contribution in [3.05, 3.63) is 0 Å². The van der Waals surface area contributed by atoms with Gasteiger partial charge in [0.1, 0.15) is 0 Å². The van der Waals surface area contributed by atoms with E-state index in [1.807, 2.05) is 6.92 Å². The number of carbonyl (C=O) groups is 1. The third-order valence-electron chi connectivity index (χ3n) is 3.85. The van der Waals surface area contributed by atoms with Crippen molar-refractivity contribution in [1.29, 1.82) is 0 Å². The van der Waals surface area contributed by atoms with E-state index in [9.17, 15) is 4.79 Å². The lowest BCUT2D eigenvalue weighted by Gasteiger charge is -2.32. The lowest BCUT2D eigenvalue weighted by atomic mass is 10.2. The highest BCUT2D eigenvalue weighted by Gasteiger charge is 2.34. The van der Waals surface area contributed by atoms with Crippen molar-refractivity contribution in [2.24, 2.45) is 0 Å². The van der Waals surface area contributed by atoms with Gasteiger partial charge in [-0.2, -0.15) is 0 Å². The van der Waals surface area contributed by atoms with Gasteiger partial charge >= 0.3 is 0 Å². The molecule has 1 saturated heterocycles. The summed E-state index contributed by atoms with van der Waals surface area (Å²) in [6.07, 6.45) is 3.41. The van der Waals surface area contributed by atoms with Crippen LogP contribution in [-0.4, -0.2) is 35.0 Å². The lowest BCUT2D eigenvalue weighted by molar-refractivity contribution is -0.127. The summed E-state index contributed by atoms with van der Waals surface area (Å²) in [5.74, 6) is 0.176. The maximum absolute atomic E-state index is 12.0. The van der Waals surface area contributed by atoms with Gasteiger partial charge in [0, 0.05) is 18.1 Å². The molecule has 0 spiro atoms. The largest absolute Gasteiger partial charge is 0.352 e. The SMILES string of the molecule is CCC(C)NC(=O)C(C)N1C(C)CCC1C. The van der Waals surface area contributed by atoms with Gasteiger partial charge in [-0.05, 0) is 47.0 Å². The van der Waals surface area contributed by atoms with Crippen molar-refractivity contribution in [1.82, 2.24) is 10.2 Å². The Bertz CT molecular complexity index is 232. The molecule has 16 heavy (non-hydrogen) atoms. The van der Waals surface area contributed by atoms with E-state index >= 15 is 0 Å². The third-order valence-corrected chi connectivity index (χ3v) is 3.85. The first-order valence-corrected chi connectivity index (χ1v) is 6.55. The molecule has 1 aliphatic heterocycles. The van der Waals surface area contributed by atoms with Crippen molar-refractivity contribution in [2.75, 3.05) is 0 Å². The van der Waals surface area contributed by atoms with Gasteiger partial charge in [0.05, 0.1) is 6.04 Å². The van der Waals surface area contributed by atoms with Crippen LogP contribution in [0.1, 0.15) is 53.9 Å². The molecule has 0 aromatic rings. The Kier molecular flexibility index (Phi) is 4.78. The second-order valence-electron chi connectivity index (χ2n) is 5.22. The number of likely N-dealkylation sites (tertiary alicyclic amines) is 1. The van der Waals surface area contributed by atoms with Gasteiger partial charge in [-0.15, -0.1) is 0 Å². The van der Waals surface area contributed by atoms with E-state index < -0.39 is 0 Å². The minimum Gasteiger partial charge on any atom is -0.352 e. The van der Waals surface area contributed by atoms with Crippen LogP contribution in [0.25, 0.3) is 0 Å². The van der Waals surface area contributed by atoms with Crippen LogP contribution in [0.15, 0.2) is 0 Å². The summed E-state index contributed by atoms with van der Waals surface area (Å²) in [7, 11) is 0. The molecular formula is C13H26N2O. The molecule has 94 valence electrons. The molecule has 4 unspecified atom stereocenters. The molecule has 1 fully saturated rings. The van der Waals surface area contributed by atoms with Gasteiger partial charge in [-0.3, -0.25) is 9.69 Å². The van der Waals surface area contributed by atoms with Gasteiger partial charge in [-0.1, -0.05) is 6.92 Å². The molecular weight excluding hydrogens is 200 g/mol. The molecule has 3 nitrogen and oxygen atoms in total. The summed E-state index contributed by atoms with van der Waals surface area (Å²) >= 11 is 0. The molecule has 1 amide bonds. The number of nitrogens with one attached hydrogen (secondary N) is 1. The third kappa shape index (κ3) is 2.97. The summed E-state index contributed by atoms with van der Waals surface area (Å²) < 4.78 is 0. The first-order valence-electron chi connectivity index (χ1n) is 6.55.